The second kappa shape index (κ2) is 3.99. The molecule has 3 rings (SSSR count). The van der Waals surface area contributed by atoms with E-state index in [-0.39, 0.29) is 11.6 Å². The van der Waals surface area contributed by atoms with Gasteiger partial charge in [-0.05, 0) is 61.7 Å². The lowest BCUT2D eigenvalue weighted by atomic mass is 9.49. The summed E-state index contributed by atoms with van der Waals surface area (Å²) in [6.07, 6.45) is 8.64. The average molecular weight is 264 g/mol. The zero-order valence-corrected chi connectivity index (χ0v) is 12.9. The third-order valence-corrected chi connectivity index (χ3v) is 6.42. The Hall–Kier alpha value is -0.530. The van der Waals surface area contributed by atoms with Crippen LogP contribution in [0.15, 0.2) is 0 Å². The van der Waals surface area contributed by atoms with E-state index in [1.165, 1.54) is 32.1 Å². The van der Waals surface area contributed by atoms with Crippen molar-refractivity contribution in [1.29, 1.82) is 0 Å². The zero-order valence-electron chi connectivity index (χ0n) is 12.9. The summed E-state index contributed by atoms with van der Waals surface area (Å²) in [5.74, 6) is 1.30. The van der Waals surface area contributed by atoms with Crippen LogP contribution in [0.1, 0.15) is 72.6 Å². The predicted octanol–water partition coefficient (Wildman–Crippen LogP) is 4.32. The summed E-state index contributed by atoms with van der Waals surface area (Å²) in [5.41, 5.74) is 0.724. The minimum absolute atomic E-state index is 0.0744. The van der Waals surface area contributed by atoms with Gasteiger partial charge in [0.2, 0.25) is 0 Å². The molecule has 0 amide bonds. The summed E-state index contributed by atoms with van der Waals surface area (Å²) in [5, 5.41) is 0. The Morgan fingerprint density at radius 1 is 1.11 bits per heavy atom. The molecule has 0 aromatic heterocycles. The zero-order chi connectivity index (χ0) is 13.9. The lowest BCUT2D eigenvalue weighted by Crippen LogP contribution is -2.57. The SMILES string of the molecule is CC(=O)O[C@@]12CCC[C@@](C)(CC[C@@H]3C1CC3(C)C)C2. The van der Waals surface area contributed by atoms with E-state index in [9.17, 15) is 4.79 Å². The van der Waals surface area contributed by atoms with Crippen molar-refractivity contribution in [2.24, 2.45) is 22.7 Å². The molecule has 0 heterocycles. The Bertz CT molecular complexity index is 400. The Kier molecular flexibility index (Phi) is 2.82. The third kappa shape index (κ3) is 2.02. The van der Waals surface area contributed by atoms with Gasteiger partial charge in [-0.3, -0.25) is 4.79 Å². The minimum Gasteiger partial charge on any atom is -0.459 e. The van der Waals surface area contributed by atoms with Crippen LogP contribution in [0, 0.1) is 22.7 Å². The van der Waals surface area contributed by atoms with E-state index in [2.05, 4.69) is 20.8 Å². The van der Waals surface area contributed by atoms with Gasteiger partial charge in [0.05, 0.1) is 0 Å². The van der Waals surface area contributed by atoms with Gasteiger partial charge in [0, 0.05) is 12.8 Å². The van der Waals surface area contributed by atoms with Gasteiger partial charge >= 0.3 is 5.97 Å². The molecule has 3 aliphatic rings. The quantitative estimate of drug-likeness (QED) is 0.659. The van der Waals surface area contributed by atoms with Crippen molar-refractivity contribution >= 4 is 5.97 Å². The number of carbonyl (C=O) groups excluding carboxylic acids is 1. The fourth-order valence-corrected chi connectivity index (χ4v) is 5.59. The highest BCUT2D eigenvalue weighted by Gasteiger charge is 2.62. The van der Waals surface area contributed by atoms with Gasteiger partial charge in [-0.2, -0.15) is 0 Å². The first-order valence-electron chi connectivity index (χ1n) is 7.96. The number of carbonyl (C=O) groups is 1. The molecule has 3 saturated carbocycles. The highest BCUT2D eigenvalue weighted by atomic mass is 16.6. The Morgan fingerprint density at radius 3 is 2.47 bits per heavy atom. The molecule has 4 atom stereocenters. The molecule has 0 aromatic rings. The summed E-state index contributed by atoms with van der Waals surface area (Å²) < 4.78 is 5.98. The molecule has 2 nitrogen and oxygen atoms in total. The van der Waals surface area contributed by atoms with E-state index in [0.29, 0.717) is 16.7 Å². The average Bonchev–Trinajstić information content (AvgIpc) is 2.30. The van der Waals surface area contributed by atoms with Gasteiger partial charge in [0.15, 0.2) is 0 Å². The van der Waals surface area contributed by atoms with Crippen LogP contribution < -0.4 is 0 Å². The smallest absolute Gasteiger partial charge is 0.303 e. The predicted molar refractivity (Wildman–Crippen MR) is 75.7 cm³/mol. The molecule has 0 saturated heterocycles. The Labute approximate surface area is 117 Å². The standard InChI is InChI=1S/C17H28O2/c1-12(18)19-17-8-5-7-16(4,11-17)9-6-13-14(17)10-15(13,2)3/h13-14H,5-11H2,1-4H3/t13-,14?,16+,17-/m1/s1. The maximum atomic E-state index is 11.6. The first-order chi connectivity index (χ1) is 8.77. The molecule has 0 radical (unpaired) electrons. The Balaban J connectivity index is 1.95. The van der Waals surface area contributed by atoms with Gasteiger partial charge in [0.1, 0.15) is 5.60 Å². The molecule has 0 aromatic carbocycles. The van der Waals surface area contributed by atoms with E-state index in [1.807, 2.05) is 0 Å². The van der Waals surface area contributed by atoms with Gasteiger partial charge in [-0.25, -0.2) is 0 Å². The van der Waals surface area contributed by atoms with Crippen LogP contribution in [-0.2, 0) is 9.53 Å². The van der Waals surface area contributed by atoms with Gasteiger partial charge < -0.3 is 4.74 Å². The summed E-state index contributed by atoms with van der Waals surface area (Å²) in [6, 6.07) is 0. The van der Waals surface area contributed by atoms with Crippen LogP contribution in [0.4, 0.5) is 0 Å². The van der Waals surface area contributed by atoms with Gasteiger partial charge in [-0.1, -0.05) is 20.8 Å². The van der Waals surface area contributed by atoms with Crippen LogP contribution in [0.25, 0.3) is 0 Å². The topological polar surface area (TPSA) is 26.3 Å². The molecule has 2 heteroatoms. The molecular formula is C17H28O2. The molecular weight excluding hydrogens is 236 g/mol. The maximum Gasteiger partial charge on any atom is 0.303 e. The fraction of sp³-hybridized carbons (Fsp3) is 0.941. The third-order valence-electron chi connectivity index (χ3n) is 6.42. The van der Waals surface area contributed by atoms with Crippen LogP contribution in [-0.4, -0.2) is 11.6 Å². The lowest BCUT2D eigenvalue weighted by molar-refractivity contribution is -0.199. The number of esters is 1. The first-order valence-corrected chi connectivity index (χ1v) is 7.96. The minimum atomic E-state index is -0.129. The van der Waals surface area contributed by atoms with Crippen molar-refractivity contribution in [2.45, 2.75) is 78.2 Å². The summed E-state index contributed by atoms with van der Waals surface area (Å²) >= 11 is 0. The van der Waals surface area contributed by atoms with Crippen LogP contribution in [0.2, 0.25) is 0 Å². The van der Waals surface area contributed by atoms with E-state index >= 15 is 0 Å². The van der Waals surface area contributed by atoms with Crippen molar-refractivity contribution in [2.75, 3.05) is 0 Å². The van der Waals surface area contributed by atoms with E-state index in [4.69, 9.17) is 4.74 Å². The van der Waals surface area contributed by atoms with Gasteiger partial charge in [0.25, 0.3) is 0 Å². The second-order valence-corrected chi connectivity index (χ2v) is 8.44. The summed E-state index contributed by atoms with van der Waals surface area (Å²) in [4.78, 5) is 11.6. The lowest BCUT2D eigenvalue weighted by Gasteiger charge is -2.59. The number of hydrogen-bond donors (Lipinski definition) is 0. The van der Waals surface area contributed by atoms with E-state index in [0.717, 1.165) is 18.8 Å². The maximum absolute atomic E-state index is 11.6. The normalized spacial score (nSPS) is 47.6. The second-order valence-electron chi connectivity index (χ2n) is 8.44. The van der Waals surface area contributed by atoms with Crippen molar-refractivity contribution in [3.8, 4) is 0 Å². The van der Waals surface area contributed by atoms with E-state index in [1.54, 1.807) is 6.92 Å². The molecule has 3 aliphatic carbocycles. The number of rotatable bonds is 1. The van der Waals surface area contributed by atoms with Crippen molar-refractivity contribution in [3.63, 3.8) is 0 Å². The van der Waals surface area contributed by atoms with Crippen molar-refractivity contribution in [1.82, 2.24) is 0 Å². The van der Waals surface area contributed by atoms with Crippen LogP contribution in [0.3, 0.4) is 0 Å². The molecule has 0 N–H and O–H groups in total. The highest BCUT2D eigenvalue weighted by molar-refractivity contribution is 5.66. The first kappa shape index (κ1) is 13.5. The fourth-order valence-electron chi connectivity index (χ4n) is 5.59. The van der Waals surface area contributed by atoms with Crippen LogP contribution in [0.5, 0.6) is 0 Å². The molecule has 19 heavy (non-hydrogen) atoms. The molecule has 2 bridgehead atoms. The molecule has 3 fully saturated rings. The van der Waals surface area contributed by atoms with Crippen molar-refractivity contribution in [3.05, 3.63) is 0 Å². The molecule has 108 valence electrons. The number of ether oxygens (including phenoxy) is 1. The summed E-state index contributed by atoms with van der Waals surface area (Å²) in [7, 11) is 0. The highest BCUT2D eigenvalue weighted by Crippen LogP contribution is 2.65. The number of hydrogen-bond acceptors (Lipinski definition) is 2. The Morgan fingerprint density at radius 2 is 1.84 bits per heavy atom. The van der Waals surface area contributed by atoms with Crippen molar-refractivity contribution < 1.29 is 9.53 Å². The van der Waals surface area contributed by atoms with Gasteiger partial charge in [-0.15, -0.1) is 0 Å². The number of fused-ring (bicyclic) bond motifs is 4. The van der Waals surface area contributed by atoms with E-state index < -0.39 is 0 Å². The summed E-state index contributed by atoms with van der Waals surface area (Å²) in [6.45, 7) is 8.80. The van der Waals surface area contributed by atoms with Crippen LogP contribution >= 0.6 is 0 Å². The monoisotopic (exact) mass is 264 g/mol. The molecule has 0 aliphatic heterocycles. The largest absolute Gasteiger partial charge is 0.459 e. The molecule has 1 unspecified atom stereocenters. The molecule has 0 spiro atoms.